The summed E-state index contributed by atoms with van der Waals surface area (Å²) in [6.45, 7) is 4.55. The van der Waals surface area contributed by atoms with Gasteiger partial charge >= 0.3 is 0 Å². The Labute approximate surface area is 171 Å². The topological polar surface area (TPSA) is 67.9 Å². The van der Waals surface area contributed by atoms with Gasteiger partial charge in [-0.25, -0.2) is 0 Å². The number of hydrogen-bond donors (Lipinski definition) is 1. The van der Waals surface area contributed by atoms with Gasteiger partial charge in [0.15, 0.2) is 6.10 Å². The number of carbonyl (C=O) groups is 2. The molecule has 0 bridgehead atoms. The maximum atomic E-state index is 12.6. The van der Waals surface area contributed by atoms with Gasteiger partial charge in [-0.3, -0.25) is 9.59 Å². The van der Waals surface area contributed by atoms with Crippen molar-refractivity contribution in [3.63, 3.8) is 0 Å². The molecule has 3 rings (SSSR count). The minimum atomic E-state index is -0.500. The van der Waals surface area contributed by atoms with E-state index in [9.17, 15) is 9.59 Å². The highest BCUT2D eigenvalue weighted by Crippen LogP contribution is 2.36. The number of nitrogens with one attached hydrogen (secondary N) is 1. The third-order valence-corrected chi connectivity index (χ3v) is 4.96. The van der Waals surface area contributed by atoms with E-state index in [0.717, 1.165) is 30.6 Å². The summed E-state index contributed by atoms with van der Waals surface area (Å²) < 4.78 is 10.9. The fourth-order valence-electron chi connectivity index (χ4n) is 3.37. The van der Waals surface area contributed by atoms with Gasteiger partial charge in [0.1, 0.15) is 11.5 Å². The smallest absolute Gasteiger partial charge is 0.267 e. The first kappa shape index (κ1) is 20.7. The van der Waals surface area contributed by atoms with Gasteiger partial charge in [-0.15, -0.1) is 0 Å². The summed E-state index contributed by atoms with van der Waals surface area (Å²) in [7, 11) is 1.61. The molecule has 0 aliphatic carbocycles. The van der Waals surface area contributed by atoms with Crippen LogP contribution >= 0.6 is 0 Å². The second-order valence-corrected chi connectivity index (χ2v) is 7.21. The number of nitrogens with zero attached hydrogens (tertiary/aromatic N) is 1. The average Bonchev–Trinajstić information content (AvgIpc) is 2.72. The zero-order chi connectivity index (χ0) is 20.8. The molecule has 1 aliphatic heterocycles. The molecule has 1 heterocycles. The molecular formula is C23H28N2O4. The molecule has 0 saturated carbocycles. The number of hydrogen-bond acceptors (Lipinski definition) is 4. The second kappa shape index (κ2) is 9.45. The number of carbonyl (C=O) groups excluding carboxylic acids is 2. The second-order valence-electron chi connectivity index (χ2n) is 7.21. The molecule has 2 amide bonds. The monoisotopic (exact) mass is 396 g/mol. The summed E-state index contributed by atoms with van der Waals surface area (Å²) in [4.78, 5) is 26.8. The molecule has 0 saturated heterocycles. The lowest BCUT2D eigenvalue weighted by atomic mass is 10.1. The Kier molecular flexibility index (Phi) is 6.75. The van der Waals surface area contributed by atoms with Crippen molar-refractivity contribution in [2.24, 2.45) is 0 Å². The van der Waals surface area contributed by atoms with Crippen molar-refractivity contribution in [1.29, 1.82) is 0 Å². The number of benzene rings is 2. The summed E-state index contributed by atoms with van der Waals surface area (Å²) in [5, 5.41) is 2.92. The standard InChI is InChI=1S/C23H28N2O4/c1-4-5-6-13-25-20-15-18(9-12-21(20)29-16(2)23(25)27)24-22(26)14-17-7-10-19(28-3)11-8-17/h7-12,15-16H,4-6,13-14H2,1-3H3,(H,24,26). The number of ether oxygens (including phenoxy) is 2. The Morgan fingerprint density at radius 1 is 1.17 bits per heavy atom. The molecule has 2 aromatic rings. The van der Waals surface area contributed by atoms with Crippen LogP contribution in [0.5, 0.6) is 11.5 Å². The van der Waals surface area contributed by atoms with Gasteiger partial charge in [0, 0.05) is 12.2 Å². The van der Waals surface area contributed by atoms with Gasteiger partial charge in [-0.05, 0) is 49.2 Å². The number of rotatable bonds is 8. The summed E-state index contributed by atoms with van der Waals surface area (Å²) in [5.74, 6) is 1.26. The third kappa shape index (κ3) is 5.08. The van der Waals surface area contributed by atoms with Gasteiger partial charge in [-0.1, -0.05) is 31.9 Å². The first-order valence-corrected chi connectivity index (χ1v) is 10.1. The Hall–Kier alpha value is -3.02. The largest absolute Gasteiger partial charge is 0.497 e. The SMILES string of the molecule is CCCCCN1C(=O)C(C)Oc2ccc(NC(=O)Cc3ccc(OC)cc3)cc21. The van der Waals surface area contributed by atoms with Gasteiger partial charge < -0.3 is 19.7 Å². The Bertz CT molecular complexity index is 864. The highest BCUT2D eigenvalue weighted by Gasteiger charge is 2.31. The van der Waals surface area contributed by atoms with Crippen LogP contribution < -0.4 is 19.7 Å². The number of methoxy groups -OCH3 is 1. The third-order valence-electron chi connectivity index (χ3n) is 4.96. The molecule has 0 radical (unpaired) electrons. The Balaban J connectivity index is 1.72. The number of fused-ring (bicyclic) bond motifs is 1. The van der Waals surface area contributed by atoms with E-state index in [-0.39, 0.29) is 18.2 Å². The van der Waals surface area contributed by atoms with Crippen molar-refractivity contribution in [1.82, 2.24) is 0 Å². The predicted molar refractivity (Wildman–Crippen MR) is 114 cm³/mol. The molecule has 0 fully saturated rings. The van der Waals surface area contributed by atoms with Crippen LogP contribution in [0.4, 0.5) is 11.4 Å². The normalized spacial score (nSPS) is 15.5. The van der Waals surface area contributed by atoms with Gasteiger partial charge in [-0.2, -0.15) is 0 Å². The van der Waals surface area contributed by atoms with E-state index in [2.05, 4.69) is 12.2 Å². The summed E-state index contributed by atoms with van der Waals surface area (Å²) in [5.41, 5.74) is 2.26. The van der Waals surface area contributed by atoms with E-state index in [1.54, 1.807) is 25.0 Å². The molecule has 6 nitrogen and oxygen atoms in total. The van der Waals surface area contributed by atoms with Crippen LogP contribution in [0.25, 0.3) is 0 Å². The van der Waals surface area contributed by atoms with Crippen LogP contribution in [0, 0.1) is 0 Å². The van der Waals surface area contributed by atoms with Crippen molar-refractivity contribution in [3.8, 4) is 11.5 Å². The molecule has 0 spiro atoms. The van der Waals surface area contributed by atoms with Crippen molar-refractivity contribution >= 4 is 23.2 Å². The summed E-state index contributed by atoms with van der Waals surface area (Å²) in [6.07, 6.45) is 2.84. The lowest BCUT2D eigenvalue weighted by Gasteiger charge is -2.33. The number of anilines is 2. The highest BCUT2D eigenvalue weighted by atomic mass is 16.5. The lowest BCUT2D eigenvalue weighted by molar-refractivity contribution is -0.125. The molecule has 1 N–H and O–H groups in total. The van der Waals surface area contributed by atoms with Crippen LogP contribution in [0.15, 0.2) is 42.5 Å². The van der Waals surface area contributed by atoms with Crippen molar-refractivity contribution in [2.45, 2.75) is 45.6 Å². The molecule has 29 heavy (non-hydrogen) atoms. The lowest BCUT2D eigenvalue weighted by Crippen LogP contribution is -2.44. The maximum absolute atomic E-state index is 12.6. The fraction of sp³-hybridized carbons (Fsp3) is 0.391. The molecule has 0 aromatic heterocycles. The first-order chi connectivity index (χ1) is 14.0. The minimum Gasteiger partial charge on any atom is -0.497 e. The number of amides is 2. The molecular weight excluding hydrogens is 368 g/mol. The van der Waals surface area contributed by atoms with E-state index in [4.69, 9.17) is 9.47 Å². The van der Waals surface area contributed by atoms with E-state index < -0.39 is 6.10 Å². The molecule has 2 aromatic carbocycles. The van der Waals surface area contributed by atoms with Gasteiger partial charge in [0.25, 0.3) is 5.91 Å². The zero-order valence-electron chi connectivity index (χ0n) is 17.2. The highest BCUT2D eigenvalue weighted by molar-refractivity contribution is 6.01. The van der Waals surface area contributed by atoms with Gasteiger partial charge in [0.2, 0.25) is 5.91 Å². The van der Waals surface area contributed by atoms with Crippen molar-refractivity contribution < 1.29 is 19.1 Å². The first-order valence-electron chi connectivity index (χ1n) is 10.1. The molecule has 154 valence electrons. The molecule has 6 heteroatoms. The maximum Gasteiger partial charge on any atom is 0.267 e. The van der Waals surface area contributed by atoms with Gasteiger partial charge in [0.05, 0.1) is 19.2 Å². The quantitative estimate of drug-likeness (QED) is 0.680. The van der Waals surface area contributed by atoms with Crippen LogP contribution in [0.2, 0.25) is 0 Å². The van der Waals surface area contributed by atoms with E-state index in [1.165, 1.54) is 0 Å². The van der Waals surface area contributed by atoms with E-state index in [1.807, 2.05) is 36.4 Å². The van der Waals surface area contributed by atoms with Crippen LogP contribution in [0.1, 0.15) is 38.7 Å². The van der Waals surface area contributed by atoms with Crippen LogP contribution in [-0.4, -0.2) is 31.6 Å². The van der Waals surface area contributed by atoms with Crippen molar-refractivity contribution in [3.05, 3.63) is 48.0 Å². The molecule has 1 unspecified atom stereocenters. The summed E-state index contributed by atoms with van der Waals surface area (Å²) in [6, 6.07) is 12.8. The Morgan fingerprint density at radius 2 is 1.93 bits per heavy atom. The number of unbranched alkanes of at least 4 members (excludes halogenated alkanes) is 2. The van der Waals surface area contributed by atoms with E-state index in [0.29, 0.717) is 23.7 Å². The average molecular weight is 396 g/mol. The van der Waals surface area contributed by atoms with Crippen LogP contribution in [-0.2, 0) is 16.0 Å². The zero-order valence-corrected chi connectivity index (χ0v) is 17.2. The molecule has 1 aliphatic rings. The molecule has 1 atom stereocenters. The van der Waals surface area contributed by atoms with Crippen LogP contribution in [0.3, 0.4) is 0 Å². The predicted octanol–water partition coefficient (Wildman–Crippen LogP) is 4.18. The Morgan fingerprint density at radius 3 is 2.62 bits per heavy atom. The summed E-state index contributed by atoms with van der Waals surface area (Å²) >= 11 is 0. The van der Waals surface area contributed by atoms with E-state index >= 15 is 0 Å². The fourth-order valence-corrected chi connectivity index (χ4v) is 3.37. The van der Waals surface area contributed by atoms with Crippen molar-refractivity contribution in [2.75, 3.05) is 23.9 Å². The minimum absolute atomic E-state index is 0.0460.